The fraction of sp³-hybridized carbons (Fsp3) is 0.350. The van der Waals surface area contributed by atoms with Gasteiger partial charge < -0.3 is 21.3 Å². The highest BCUT2D eigenvalue weighted by molar-refractivity contribution is 7.19. The number of carbonyl (C=O) groups excluding carboxylic acids is 1. The summed E-state index contributed by atoms with van der Waals surface area (Å²) in [4.78, 5) is 19.3. The van der Waals surface area contributed by atoms with Crippen LogP contribution in [0.2, 0.25) is 0 Å². The predicted molar refractivity (Wildman–Crippen MR) is 115 cm³/mol. The zero-order valence-corrected chi connectivity index (χ0v) is 17.5. The van der Waals surface area contributed by atoms with Crippen LogP contribution in [0.3, 0.4) is 0 Å². The zero-order valence-electron chi connectivity index (χ0n) is 16.7. The number of anilines is 3. The molecule has 3 aromatic rings. The molecule has 5 rings (SSSR count). The maximum absolute atomic E-state index is 14.1. The molecule has 0 bridgehead atoms. The lowest BCUT2D eigenvalue weighted by Crippen LogP contribution is -2.28. The molecule has 162 valence electrons. The summed E-state index contributed by atoms with van der Waals surface area (Å²) in [6.07, 6.45) is 1.58. The quantitative estimate of drug-likeness (QED) is 0.570. The smallest absolute Gasteiger partial charge is 0.277 e. The Kier molecular flexibility index (Phi) is 4.86. The molecular weight excluding hydrogens is 424 g/mol. The molecule has 2 aromatic heterocycles. The lowest BCUT2D eigenvalue weighted by atomic mass is 10.0. The summed E-state index contributed by atoms with van der Waals surface area (Å²) in [5.74, 6) is -0.102. The minimum absolute atomic E-state index is 0.0181. The molecule has 0 radical (unpaired) electrons. The van der Waals surface area contributed by atoms with Crippen molar-refractivity contribution in [1.29, 1.82) is 0 Å². The minimum Gasteiger partial charge on any atom is -0.389 e. The highest BCUT2D eigenvalue weighted by Gasteiger charge is 2.38. The number of nitrogens with one attached hydrogen (secondary N) is 2. The van der Waals surface area contributed by atoms with Crippen molar-refractivity contribution in [3.63, 3.8) is 0 Å². The van der Waals surface area contributed by atoms with E-state index in [0.717, 1.165) is 55.5 Å². The maximum Gasteiger partial charge on any atom is 0.277 e. The highest BCUT2D eigenvalue weighted by atomic mass is 32.1. The predicted octanol–water partition coefficient (Wildman–Crippen LogP) is 2.31. The van der Waals surface area contributed by atoms with Crippen LogP contribution in [0, 0.1) is 23.5 Å². The molecule has 2 fully saturated rings. The van der Waals surface area contributed by atoms with Crippen LogP contribution in [-0.2, 0) is 7.05 Å². The van der Waals surface area contributed by atoms with Crippen LogP contribution in [0.15, 0.2) is 24.4 Å². The Morgan fingerprint density at radius 3 is 2.61 bits per heavy atom. The van der Waals surface area contributed by atoms with Crippen LogP contribution < -0.4 is 21.3 Å². The van der Waals surface area contributed by atoms with E-state index in [4.69, 9.17) is 5.73 Å². The standard InChI is InChI=1S/C20H21F2N7OS/c1-28-20(29-8-10-5-24-6-11(10)9-29)14(7-25-28)26-18(30)16-17(23)31-19(27-16)15-12(21)3-2-4-13(15)22/h2-4,7,10-11,24H,5-6,8-9,23H2,1H3,(H,26,30). The summed E-state index contributed by atoms with van der Waals surface area (Å²) in [6, 6.07) is 3.54. The van der Waals surface area contributed by atoms with Crippen molar-refractivity contribution in [2.45, 2.75) is 0 Å². The topological polar surface area (TPSA) is 101 Å². The van der Waals surface area contributed by atoms with Gasteiger partial charge in [-0.05, 0) is 24.0 Å². The fourth-order valence-corrected chi connectivity index (χ4v) is 5.29. The van der Waals surface area contributed by atoms with E-state index in [2.05, 4.69) is 25.6 Å². The molecule has 2 unspecified atom stereocenters. The molecule has 11 heteroatoms. The molecule has 0 spiro atoms. The second kappa shape index (κ2) is 7.57. The molecule has 2 aliphatic heterocycles. The molecule has 1 amide bonds. The normalized spacial score (nSPS) is 20.3. The molecule has 2 atom stereocenters. The van der Waals surface area contributed by atoms with Gasteiger partial charge in [0, 0.05) is 33.2 Å². The largest absolute Gasteiger partial charge is 0.389 e. The van der Waals surface area contributed by atoms with E-state index in [-0.39, 0.29) is 21.3 Å². The number of benzene rings is 1. The van der Waals surface area contributed by atoms with Crippen molar-refractivity contribution < 1.29 is 13.6 Å². The molecule has 2 aliphatic rings. The van der Waals surface area contributed by atoms with Crippen LogP contribution >= 0.6 is 11.3 Å². The van der Waals surface area contributed by atoms with E-state index in [0.29, 0.717) is 17.5 Å². The van der Waals surface area contributed by atoms with Gasteiger partial charge in [0.25, 0.3) is 5.91 Å². The van der Waals surface area contributed by atoms with Crippen molar-refractivity contribution in [3.8, 4) is 10.6 Å². The number of amides is 1. The van der Waals surface area contributed by atoms with Gasteiger partial charge in [0.15, 0.2) is 11.5 Å². The number of fused-ring (bicyclic) bond motifs is 1. The first-order chi connectivity index (χ1) is 14.9. The molecule has 0 aliphatic carbocycles. The highest BCUT2D eigenvalue weighted by Crippen LogP contribution is 2.36. The second-order valence-electron chi connectivity index (χ2n) is 7.87. The third kappa shape index (κ3) is 3.43. The third-order valence-corrected chi connectivity index (χ3v) is 6.79. The lowest BCUT2D eigenvalue weighted by molar-refractivity contribution is 0.102. The molecule has 1 aromatic carbocycles. The van der Waals surface area contributed by atoms with Gasteiger partial charge in [-0.3, -0.25) is 9.48 Å². The summed E-state index contributed by atoms with van der Waals surface area (Å²) in [5, 5.41) is 10.6. The number of carbonyl (C=O) groups is 1. The first-order valence-corrected chi connectivity index (χ1v) is 10.7. The first-order valence-electron chi connectivity index (χ1n) is 9.92. The Balaban J connectivity index is 1.40. The molecule has 4 heterocycles. The molecule has 0 saturated carbocycles. The van der Waals surface area contributed by atoms with Gasteiger partial charge in [-0.2, -0.15) is 5.10 Å². The summed E-state index contributed by atoms with van der Waals surface area (Å²) in [5.41, 5.74) is 6.16. The number of thiazole rings is 1. The van der Waals surface area contributed by atoms with Gasteiger partial charge in [-0.25, -0.2) is 13.8 Å². The van der Waals surface area contributed by atoms with Crippen molar-refractivity contribution in [2.75, 3.05) is 42.1 Å². The Labute approximate surface area is 181 Å². The number of hydrogen-bond acceptors (Lipinski definition) is 7. The summed E-state index contributed by atoms with van der Waals surface area (Å²) >= 11 is 0.868. The van der Waals surface area contributed by atoms with E-state index in [1.54, 1.807) is 10.9 Å². The number of nitrogens with zero attached hydrogens (tertiary/aromatic N) is 4. The minimum atomic E-state index is -0.760. The third-order valence-electron chi connectivity index (χ3n) is 5.89. The van der Waals surface area contributed by atoms with Gasteiger partial charge in [-0.1, -0.05) is 17.4 Å². The van der Waals surface area contributed by atoms with Crippen LogP contribution in [0.1, 0.15) is 10.5 Å². The molecular formula is C20H21F2N7OS. The Morgan fingerprint density at radius 2 is 1.94 bits per heavy atom. The van der Waals surface area contributed by atoms with Crippen molar-refractivity contribution in [2.24, 2.45) is 18.9 Å². The van der Waals surface area contributed by atoms with E-state index >= 15 is 0 Å². The van der Waals surface area contributed by atoms with Crippen LogP contribution in [0.25, 0.3) is 10.6 Å². The zero-order chi connectivity index (χ0) is 21.7. The van der Waals surface area contributed by atoms with Gasteiger partial charge in [0.2, 0.25) is 0 Å². The number of aromatic nitrogens is 3. The summed E-state index contributed by atoms with van der Waals surface area (Å²) < 4.78 is 30.0. The van der Waals surface area contributed by atoms with Crippen LogP contribution in [0.4, 0.5) is 25.3 Å². The average Bonchev–Trinajstić information content (AvgIpc) is 3.46. The summed E-state index contributed by atoms with van der Waals surface area (Å²) in [6.45, 7) is 3.75. The second-order valence-corrected chi connectivity index (χ2v) is 8.90. The number of aryl methyl sites for hydroxylation is 1. The fourth-order valence-electron chi connectivity index (χ4n) is 4.41. The Hall–Kier alpha value is -3.05. The van der Waals surface area contributed by atoms with Crippen molar-refractivity contribution in [1.82, 2.24) is 20.1 Å². The monoisotopic (exact) mass is 445 g/mol. The van der Waals surface area contributed by atoms with Gasteiger partial charge in [0.1, 0.15) is 27.3 Å². The van der Waals surface area contributed by atoms with E-state index in [1.165, 1.54) is 6.07 Å². The van der Waals surface area contributed by atoms with Crippen molar-refractivity contribution >= 4 is 33.8 Å². The van der Waals surface area contributed by atoms with E-state index in [9.17, 15) is 13.6 Å². The van der Waals surface area contributed by atoms with E-state index < -0.39 is 17.5 Å². The first kappa shape index (κ1) is 19.9. The number of nitrogens with two attached hydrogens (primary N) is 1. The Morgan fingerprint density at radius 1 is 1.26 bits per heavy atom. The van der Waals surface area contributed by atoms with Gasteiger partial charge >= 0.3 is 0 Å². The van der Waals surface area contributed by atoms with E-state index in [1.807, 2.05) is 7.05 Å². The number of rotatable bonds is 4. The SMILES string of the molecule is Cn1ncc(NC(=O)c2nc(-c3c(F)cccc3F)sc2N)c1N1CC2CNCC2C1. The Bertz CT molecular complexity index is 1130. The van der Waals surface area contributed by atoms with Gasteiger partial charge in [-0.15, -0.1) is 0 Å². The molecule has 8 nitrogen and oxygen atoms in total. The summed E-state index contributed by atoms with van der Waals surface area (Å²) in [7, 11) is 1.83. The van der Waals surface area contributed by atoms with Crippen LogP contribution in [0.5, 0.6) is 0 Å². The van der Waals surface area contributed by atoms with Crippen LogP contribution in [-0.4, -0.2) is 46.9 Å². The molecule has 31 heavy (non-hydrogen) atoms. The maximum atomic E-state index is 14.1. The number of nitrogen functional groups attached to an aromatic ring is 1. The molecule has 2 saturated heterocycles. The number of halogens is 2. The lowest BCUT2D eigenvalue weighted by Gasteiger charge is -2.21. The number of hydrogen-bond donors (Lipinski definition) is 3. The average molecular weight is 445 g/mol. The van der Waals surface area contributed by atoms with Gasteiger partial charge in [0.05, 0.1) is 11.8 Å². The molecule has 4 N–H and O–H groups in total. The van der Waals surface area contributed by atoms with Crippen molar-refractivity contribution in [3.05, 3.63) is 41.7 Å².